The number of hydrogen-bond acceptors (Lipinski definition) is 3. The third-order valence-corrected chi connectivity index (χ3v) is 12.1. The molecule has 0 aliphatic heterocycles. The number of aliphatic hydroxyl groups excluding tert-OH is 1. The molecule has 32 heavy (non-hydrogen) atoms. The minimum Gasteiger partial charge on any atom is -0.393 e. The fraction of sp³-hybridized carbons (Fsp3) is 1.00. The smallest absolute Gasteiger partial charge is 0.232 e. The zero-order valence-corrected chi connectivity index (χ0v) is 21.7. The van der Waals surface area contributed by atoms with Gasteiger partial charge >= 0.3 is 0 Å². The van der Waals surface area contributed by atoms with Crippen LogP contribution < -0.4 is 0 Å². The van der Waals surface area contributed by atoms with E-state index < -0.39 is 17.0 Å². The van der Waals surface area contributed by atoms with Crippen molar-refractivity contribution in [3.8, 4) is 0 Å². The highest BCUT2D eigenvalue weighted by molar-refractivity contribution is 6.25. The lowest BCUT2D eigenvalue weighted by Gasteiger charge is -2.63. The van der Waals surface area contributed by atoms with Crippen LogP contribution >= 0.6 is 11.6 Å². The van der Waals surface area contributed by atoms with Gasteiger partial charge in [-0.2, -0.15) is 0 Å². The third kappa shape index (κ3) is 3.74. The zero-order chi connectivity index (χ0) is 23.5. The molecule has 0 aromatic heterocycles. The Kier molecular flexibility index (Phi) is 6.73. The Morgan fingerprint density at radius 3 is 2.44 bits per heavy atom. The second-order valence-electron chi connectivity index (χ2n) is 13.1. The lowest BCUT2D eigenvalue weighted by molar-refractivity contribution is -0.543. The molecule has 4 rings (SSSR count). The molecule has 4 aliphatic rings. The first-order valence-corrected chi connectivity index (χ1v) is 13.8. The number of rotatable bonds is 6. The van der Waals surface area contributed by atoms with E-state index in [0.29, 0.717) is 36.0 Å². The van der Waals surface area contributed by atoms with Gasteiger partial charge in [0.05, 0.1) is 6.10 Å². The van der Waals surface area contributed by atoms with E-state index in [-0.39, 0.29) is 10.3 Å². The zero-order valence-electron chi connectivity index (χ0n) is 21.0. The molecule has 0 radical (unpaired) electrons. The highest BCUT2D eigenvalue weighted by Gasteiger charge is 2.70. The normalized spacial score (nSPS) is 49.2. The van der Waals surface area contributed by atoms with E-state index in [0.717, 1.165) is 37.0 Å². The summed E-state index contributed by atoms with van der Waals surface area (Å²) in [5, 5.41) is 22.7. The van der Waals surface area contributed by atoms with Gasteiger partial charge in [0.2, 0.25) is 6.04 Å². The summed E-state index contributed by atoms with van der Waals surface area (Å²) in [6, 6.07) is -0.741. The molecule has 10 atom stereocenters. The molecule has 0 aromatic rings. The molecule has 4 fully saturated rings. The molecule has 0 aromatic carbocycles. The summed E-state index contributed by atoms with van der Waals surface area (Å²) in [6.07, 6.45) is 10.9. The molecular weight excluding hydrogens is 422 g/mol. The number of hydrogen-bond donors (Lipinski definition) is 1. The highest BCUT2D eigenvalue weighted by Crippen LogP contribution is 2.70. The average molecular weight is 468 g/mol. The van der Waals surface area contributed by atoms with E-state index in [1.165, 1.54) is 38.5 Å². The van der Waals surface area contributed by atoms with Gasteiger partial charge in [0.15, 0.2) is 0 Å². The fourth-order valence-electron chi connectivity index (χ4n) is 9.49. The lowest BCUT2D eigenvalue weighted by atomic mass is 9.43. The van der Waals surface area contributed by atoms with Crippen LogP contribution in [0.4, 0.5) is 0 Å². The lowest BCUT2D eigenvalue weighted by Crippen LogP contribution is -2.67. The Labute approximate surface area is 200 Å². The van der Waals surface area contributed by atoms with Gasteiger partial charge in [0, 0.05) is 11.3 Å². The van der Waals surface area contributed by atoms with Crippen molar-refractivity contribution >= 4 is 11.6 Å². The maximum atomic E-state index is 12.3. The van der Waals surface area contributed by atoms with Gasteiger partial charge in [0.25, 0.3) is 0 Å². The first kappa shape index (κ1) is 24.8. The summed E-state index contributed by atoms with van der Waals surface area (Å²) in [7, 11) is 0. The first-order chi connectivity index (χ1) is 14.9. The summed E-state index contributed by atoms with van der Waals surface area (Å²) in [6.45, 7) is 11.9. The topological polar surface area (TPSA) is 63.4 Å². The Balaban J connectivity index is 1.59. The second-order valence-corrected chi connectivity index (χ2v) is 13.8. The van der Waals surface area contributed by atoms with Gasteiger partial charge in [-0.05, 0) is 91.3 Å². The van der Waals surface area contributed by atoms with E-state index in [1.807, 2.05) is 0 Å². The second kappa shape index (κ2) is 8.70. The SMILES string of the molecule is CC(C)CCC[C@@H](C)[C@H]1CC[C@H]2[C@@H]3C[C@H]([N+](=O)[O-])[C@@]4(Cl)C[C@@H](O)CC[C@]4(C)[C@H]3CC[C@]12C. The molecule has 0 unspecified atom stereocenters. The van der Waals surface area contributed by atoms with Crippen LogP contribution in [0.2, 0.25) is 0 Å². The molecule has 5 heteroatoms. The summed E-state index contributed by atoms with van der Waals surface area (Å²) in [5.41, 5.74) is 0.0627. The Bertz CT molecular complexity index is 715. The molecular formula is C27H46ClNO3. The van der Waals surface area contributed by atoms with Crippen LogP contribution in [0.3, 0.4) is 0 Å². The van der Waals surface area contributed by atoms with Crippen molar-refractivity contribution in [1.82, 2.24) is 0 Å². The molecule has 4 saturated carbocycles. The van der Waals surface area contributed by atoms with Crippen LogP contribution in [-0.2, 0) is 0 Å². The maximum Gasteiger partial charge on any atom is 0.232 e. The quantitative estimate of drug-likeness (QED) is 0.257. The number of nitro groups is 1. The number of nitrogens with zero attached hydrogens (tertiary/aromatic N) is 1. The van der Waals surface area contributed by atoms with Gasteiger partial charge in [-0.3, -0.25) is 10.1 Å². The Morgan fingerprint density at radius 1 is 1.06 bits per heavy atom. The third-order valence-electron chi connectivity index (χ3n) is 11.2. The maximum absolute atomic E-state index is 12.3. The van der Waals surface area contributed by atoms with E-state index in [4.69, 9.17) is 11.6 Å². The first-order valence-electron chi connectivity index (χ1n) is 13.4. The molecule has 4 nitrogen and oxygen atoms in total. The fourth-order valence-corrected chi connectivity index (χ4v) is 10.1. The average Bonchev–Trinajstić information content (AvgIpc) is 3.05. The molecule has 0 amide bonds. The number of fused-ring (bicyclic) bond motifs is 5. The predicted molar refractivity (Wildman–Crippen MR) is 130 cm³/mol. The van der Waals surface area contributed by atoms with Crippen LogP contribution in [0.25, 0.3) is 0 Å². The van der Waals surface area contributed by atoms with Crippen molar-refractivity contribution in [2.75, 3.05) is 0 Å². The van der Waals surface area contributed by atoms with Gasteiger partial charge in [-0.15, -0.1) is 11.6 Å². The molecule has 4 aliphatic carbocycles. The van der Waals surface area contributed by atoms with Crippen molar-refractivity contribution in [3.63, 3.8) is 0 Å². The van der Waals surface area contributed by atoms with Crippen LogP contribution in [0.15, 0.2) is 0 Å². The molecule has 0 spiro atoms. The van der Waals surface area contributed by atoms with E-state index in [2.05, 4.69) is 34.6 Å². The summed E-state index contributed by atoms with van der Waals surface area (Å²) in [4.78, 5) is 11.3. The van der Waals surface area contributed by atoms with Gasteiger partial charge < -0.3 is 5.11 Å². The molecule has 0 bridgehead atoms. The van der Waals surface area contributed by atoms with Crippen molar-refractivity contribution in [2.24, 2.45) is 46.3 Å². The van der Waals surface area contributed by atoms with Crippen LogP contribution in [0, 0.1) is 56.5 Å². The van der Waals surface area contributed by atoms with Crippen LogP contribution in [0.5, 0.6) is 0 Å². The standard InChI is InChI=1S/C27H46ClNO3/c1-17(2)7-6-8-18(3)21-9-10-22-20-15-24(29(31)32)27(28)16-19(30)11-14-26(27,5)23(20)12-13-25(21,22)4/h17-24,30H,6-16H2,1-5H3/t18-,19+,20+,21-,22+,23+,24+,25-,26-,27+/m1/s1. The molecule has 0 heterocycles. The number of halogens is 1. The predicted octanol–water partition coefficient (Wildman–Crippen LogP) is 7.09. The Morgan fingerprint density at radius 2 is 1.78 bits per heavy atom. The molecule has 184 valence electrons. The van der Waals surface area contributed by atoms with Crippen molar-refractivity contribution in [1.29, 1.82) is 0 Å². The summed E-state index contributed by atoms with van der Waals surface area (Å²) >= 11 is 7.23. The molecule has 1 N–H and O–H groups in total. The van der Waals surface area contributed by atoms with Crippen molar-refractivity contribution < 1.29 is 10.0 Å². The number of alkyl halides is 1. The minimum atomic E-state index is -0.911. The van der Waals surface area contributed by atoms with Crippen LogP contribution in [0.1, 0.15) is 105 Å². The molecule has 0 saturated heterocycles. The van der Waals surface area contributed by atoms with Crippen LogP contribution in [-0.4, -0.2) is 27.0 Å². The van der Waals surface area contributed by atoms with Gasteiger partial charge in [-0.25, -0.2) is 0 Å². The van der Waals surface area contributed by atoms with Crippen molar-refractivity contribution in [2.45, 2.75) is 122 Å². The summed E-state index contributed by atoms with van der Waals surface area (Å²) in [5.74, 6) is 3.71. The van der Waals surface area contributed by atoms with E-state index in [1.54, 1.807) is 0 Å². The summed E-state index contributed by atoms with van der Waals surface area (Å²) < 4.78 is 0. The Hall–Kier alpha value is -0.350. The van der Waals surface area contributed by atoms with E-state index in [9.17, 15) is 15.2 Å². The van der Waals surface area contributed by atoms with E-state index >= 15 is 0 Å². The van der Waals surface area contributed by atoms with Gasteiger partial charge in [0.1, 0.15) is 4.87 Å². The van der Waals surface area contributed by atoms with Crippen molar-refractivity contribution in [3.05, 3.63) is 10.1 Å². The highest BCUT2D eigenvalue weighted by atomic mass is 35.5. The van der Waals surface area contributed by atoms with Gasteiger partial charge in [-0.1, -0.05) is 53.9 Å². The largest absolute Gasteiger partial charge is 0.393 e. The monoisotopic (exact) mass is 467 g/mol. The number of aliphatic hydroxyl groups is 1. The minimum absolute atomic E-state index is 0.0908.